The molecular formula is C28H29BrCl2N2O3. The van der Waals surface area contributed by atoms with Crippen molar-refractivity contribution >= 4 is 50.9 Å². The van der Waals surface area contributed by atoms with Gasteiger partial charge in [-0.3, -0.25) is 9.59 Å². The maximum atomic E-state index is 13.6. The second-order valence-electron chi connectivity index (χ2n) is 8.33. The van der Waals surface area contributed by atoms with Crippen LogP contribution in [0.15, 0.2) is 77.3 Å². The molecule has 190 valence electrons. The van der Waals surface area contributed by atoms with Crippen LogP contribution in [-0.4, -0.2) is 35.9 Å². The van der Waals surface area contributed by atoms with E-state index in [4.69, 9.17) is 27.9 Å². The molecule has 0 radical (unpaired) electrons. The Kier molecular flexibility index (Phi) is 11.1. The molecule has 0 unspecified atom stereocenters. The summed E-state index contributed by atoms with van der Waals surface area (Å²) in [5.74, 6) is -0.173. The van der Waals surface area contributed by atoms with Gasteiger partial charge in [-0.2, -0.15) is 0 Å². The number of rotatable bonds is 12. The molecule has 1 atom stereocenters. The Morgan fingerprint density at radius 2 is 1.72 bits per heavy atom. The number of ether oxygens (including phenoxy) is 1. The molecule has 3 aromatic rings. The monoisotopic (exact) mass is 590 g/mol. The molecule has 0 heterocycles. The van der Waals surface area contributed by atoms with Gasteiger partial charge in [0.1, 0.15) is 11.8 Å². The molecule has 0 saturated carbocycles. The minimum Gasteiger partial charge on any atom is -0.482 e. The zero-order valence-corrected chi connectivity index (χ0v) is 23.2. The van der Waals surface area contributed by atoms with E-state index in [1.807, 2.05) is 48.5 Å². The Bertz CT molecular complexity index is 1160. The van der Waals surface area contributed by atoms with Gasteiger partial charge in [-0.15, -0.1) is 0 Å². The third-order valence-electron chi connectivity index (χ3n) is 5.64. The van der Waals surface area contributed by atoms with Gasteiger partial charge < -0.3 is 15.0 Å². The van der Waals surface area contributed by atoms with Crippen molar-refractivity contribution in [3.05, 3.63) is 98.4 Å². The Morgan fingerprint density at radius 1 is 1.00 bits per heavy atom. The van der Waals surface area contributed by atoms with Crippen LogP contribution >= 0.6 is 39.1 Å². The fraction of sp³-hybridized carbons (Fsp3) is 0.286. The standard InChI is InChI=1S/C28H29BrCl2N2O3/c1-2-3-15-32-28(35)25(16-20-9-5-4-6-10-20)33(18-21-11-7-8-12-23(21)30)27(34)19-36-26-14-13-22(29)17-24(26)31/h4-14,17,25H,2-3,15-16,18-19H2,1H3,(H,32,35)/t25-/m1/s1. The predicted octanol–water partition coefficient (Wildman–Crippen LogP) is 6.69. The lowest BCUT2D eigenvalue weighted by Gasteiger charge is -2.31. The van der Waals surface area contributed by atoms with E-state index >= 15 is 0 Å². The van der Waals surface area contributed by atoms with E-state index < -0.39 is 6.04 Å². The van der Waals surface area contributed by atoms with Crippen molar-refractivity contribution < 1.29 is 14.3 Å². The van der Waals surface area contributed by atoms with Gasteiger partial charge in [-0.25, -0.2) is 0 Å². The summed E-state index contributed by atoms with van der Waals surface area (Å²) in [5, 5.41) is 3.90. The van der Waals surface area contributed by atoms with Gasteiger partial charge in [0.15, 0.2) is 6.61 Å². The van der Waals surface area contributed by atoms with Crippen molar-refractivity contribution in [2.24, 2.45) is 0 Å². The van der Waals surface area contributed by atoms with Gasteiger partial charge in [0.05, 0.1) is 5.02 Å². The molecule has 0 spiro atoms. The van der Waals surface area contributed by atoms with Gasteiger partial charge in [0, 0.05) is 29.0 Å². The molecule has 0 aliphatic carbocycles. The van der Waals surface area contributed by atoms with Crippen molar-refractivity contribution in [3.63, 3.8) is 0 Å². The van der Waals surface area contributed by atoms with E-state index in [1.54, 1.807) is 29.2 Å². The summed E-state index contributed by atoms with van der Waals surface area (Å²) >= 11 is 16.1. The fourth-order valence-corrected chi connectivity index (χ4v) is 4.61. The zero-order chi connectivity index (χ0) is 25.9. The molecule has 3 rings (SSSR count). The first-order valence-electron chi connectivity index (χ1n) is 11.8. The quantitative estimate of drug-likeness (QED) is 0.239. The molecule has 5 nitrogen and oxygen atoms in total. The summed E-state index contributed by atoms with van der Waals surface area (Å²) < 4.78 is 6.58. The van der Waals surface area contributed by atoms with Crippen LogP contribution in [0.5, 0.6) is 5.75 Å². The molecule has 0 aromatic heterocycles. The number of halogens is 3. The average Bonchev–Trinajstić information content (AvgIpc) is 2.87. The van der Waals surface area contributed by atoms with E-state index in [0.29, 0.717) is 28.8 Å². The first-order valence-corrected chi connectivity index (χ1v) is 13.4. The minimum atomic E-state index is -0.753. The summed E-state index contributed by atoms with van der Waals surface area (Å²) in [6, 6.07) is 21.4. The van der Waals surface area contributed by atoms with Gasteiger partial charge >= 0.3 is 0 Å². The smallest absolute Gasteiger partial charge is 0.261 e. The van der Waals surface area contributed by atoms with Crippen molar-refractivity contribution in [2.75, 3.05) is 13.2 Å². The van der Waals surface area contributed by atoms with Crippen molar-refractivity contribution in [2.45, 2.75) is 38.8 Å². The first kappa shape index (κ1) is 28.0. The fourth-order valence-electron chi connectivity index (χ4n) is 3.68. The maximum absolute atomic E-state index is 13.6. The van der Waals surface area contributed by atoms with Crippen LogP contribution in [0, 0.1) is 0 Å². The van der Waals surface area contributed by atoms with Crippen molar-refractivity contribution in [1.29, 1.82) is 0 Å². The highest BCUT2D eigenvalue weighted by Gasteiger charge is 2.31. The van der Waals surface area contributed by atoms with Gasteiger partial charge in [-0.05, 0) is 41.8 Å². The van der Waals surface area contributed by atoms with E-state index in [2.05, 4.69) is 28.2 Å². The van der Waals surface area contributed by atoms with Crippen LogP contribution in [0.4, 0.5) is 0 Å². The van der Waals surface area contributed by atoms with Gasteiger partial charge in [0.25, 0.3) is 5.91 Å². The van der Waals surface area contributed by atoms with Crippen LogP contribution < -0.4 is 10.1 Å². The second-order valence-corrected chi connectivity index (χ2v) is 10.1. The number of hydrogen-bond donors (Lipinski definition) is 1. The number of amides is 2. The van der Waals surface area contributed by atoms with Crippen LogP contribution in [0.25, 0.3) is 0 Å². The highest BCUT2D eigenvalue weighted by Crippen LogP contribution is 2.28. The number of carbonyl (C=O) groups excluding carboxylic acids is 2. The van der Waals surface area contributed by atoms with E-state index in [1.165, 1.54) is 0 Å². The maximum Gasteiger partial charge on any atom is 0.261 e. The Balaban J connectivity index is 1.90. The number of carbonyl (C=O) groups is 2. The molecule has 36 heavy (non-hydrogen) atoms. The molecule has 0 fully saturated rings. The van der Waals surface area contributed by atoms with E-state index in [0.717, 1.165) is 28.4 Å². The Labute approximate surface area is 230 Å². The summed E-state index contributed by atoms with van der Waals surface area (Å²) in [7, 11) is 0. The summed E-state index contributed by atoms with van der Waals surface area (Å²) in [6.45, 7) is 2.49. The molecule has 8 heteroatoms. The van der Waals surface area contributed by atoms with Crippen molar-refractivity contribution in [1.82, 2.24) is 10.2 Å². The Morgan fingerprint density at radius 3 is 2.42 bits per heavy atom. The average molecular weight is 592 g/mol. The molecule has 1 N–H and O–H groups in total. The highest BCUT2D eigenvalue weighted by molar-refractivity contribution is 9.10. The van der Waals surface area contributed by atoms with Crippen LogP contribution in [0.1, 0.15) is 30.9 Å². The number of hydrogen-bond acceptors (Lipinski definition) is 3. The van der Waals surface area contributed by atoms with Gasteiger partial charge in [0.2, 0.25) is 5.91 Å². The second kappa shape index (κ2) is 14.3. The third-order valence-corrected chi connectivity index (χ3v) is 6.80. The largest absolute Gasteiger partial charge is 0.482 e. The number of nitrogens with zero attached hydrogens (tertiary/aromatic N) is 1. The van der Waals surface area contributed by atoms with Crippen molar-refractivity contribution in [3.8, 4) is 5.75 Å². The third kappa shape index (κ3) is 8.26. The number of unbranched alkanes of at least 4 members (excludes halogenated alkanes) is 1. The highest BCUT2D eigenvalue weighted by atomic mass is 79.9. The number of nitrogens with one attached hydrogen (secondary N) is 1. The normalized spacial score (nSPS) is 11.6. The van der Waals surface area contributed by atoms with E-state index in [9.17, 15) is 9.59 Å². The minimum absolute atomic E-state index is 0.161. The summed E-state index contributed by atoms with van der Waals surface area (Å²) in [6.07, 6.45) is 2.16. The van der Waals surface area contributed by atoms with Crippen LogP contribution in [-0.2, 0) is 22.6 Å². The number of benzene rings is 3. The summed E-state index contributed by atoms with van der Waals surface area (Å²) in [5.41, 5.74) is 1.69. The van der Waals surface area contributed by atoms with Crippen LogP contribution in [0.2, 0.25) is 10.0 Å². The topological polar surface area (TPSA) is 58.6 Å². The summed E-state index contributed by atoms with van der Waals surface area (Å²) in [4.78, 5) is 28.6. The molecule has 0 aliphatic rings. The van der Waals surface area contributed by atoms with E-state index in [-0.39, 0.29) is 25.0 Å². The van der Waals surface area contributed by atoms with Crippen LogP contribution in [0.3, 0.4) is 0 Å². The molecule has 0 aliphatic heterocycles. The first-order chi connectivity index (χ1) is 17.4. The lowest BCUT2D eigenvalue weighted by atomic mass is 10.0. The molecule has 2 amide bonds. The Hall–Kier alpha value is -2.54. The lowest BCUT2D eigenvalue weighted by Crippen LogP contribution is -2.51. The molecule has 0 saturated heterocycles. The van der Waals surface area contributed by atoms with Gasteiger partial charge in [-0.1, -0.05) is 101 Å². The zero-order valence-electron chi connectivity index (χ0n) is 20.1. The lowest BCUT2D eigenvalue weighted by molar-refractivity contribution is -0.142. The molecule has 3 aromatic carbocycles. The molecular weight excluding hydrogens is 563 g/mol. The molecule has 0 bridgehead atoms. The SMILES string of the molecule is CCCCNC(=O)[C@@H](Cc1ccccc1)N(Cc1ccccc1Cl)C(=O)COc1ccc(Br)cc1Cl. The predicted molar refractivity (Wildman–Crippen MR) is 149 cm³/mol.